The molecule has 1 unspecified atom stereocenters. The first-order valence-corrected chi connectivity index (χ1v) is 16.4. The molecule has 0 aliphatic carbocycles. The second-order valence-electron chi connectivity index (χ2n) is 12.0. The summed E-state index contributed by atoms with van der Waals surface area (Å²) in [5.74, 6) is 0. The molecule has 45 heavy (non-hydrogen) atoms. The number of amides is 1. The van der Waals surface area contributed by atoms with Gasteiger partial charge in [0.05, 0.1) is 32.0 Å². The molecule has 2 fully saturated rings. The van der Waals surface area contributed by atoms with E-state index in [2.05, 4.69) is 12.2 Å². The number of carbonyl (C=O) groups excluding carboxylic acids is 1. The van der Waals surface area contributed by atoms with Crippen LogP contribution in [0.1, 0.15) is 84.0 Å². The van der Waals surface area contributed by atoms with Gasteiger partial charge in [0.2, 0.25) is 6.41 Å². The van der Waals surface area contributed by atoms with Crippen LogP contribution in [-0.2, 0) is 23.7 Å². The number of aliphatic hydroxyl groups is 8. The SMILES string of the molecule is CCCCCCCCCCCCC/C=C/[C@@H](O)[C@H](CO[C@@H]1O[C@H](CO)[C@@H](OC2O[C@H](CO)[C@H](O)[C@H](O)[C@H]2O)[C@H](O)[C@H]1O)NC=O. The number of nitrogens with one attached hydrogen (secondary N) is 1. The molecule has 264 valence electrons. The van der Waals surface area contributed by atoms with Crippen molar-refractivity contribution in [3.8, 4) is 0 Å². The standard InChI is InChI=1S/C31H57NO13/c1-2-3-4-5-6-7-8-9-10-11-12-13-14-15-21(36)20(32-19-35)18-42-30-28(41)26(39)29(23(17-34)44-30)45-31-27(40)25(38)24(37)22(16-33)43-31/h14-15,19-31,33-34,36-41H,2-13,16-18H2,1H3,(H,32,35)/b15-14+/t20-,21+,22+,23+,24-,25-,26+,27+,28+,29+,30+,31?/m0/s1. The highest BCUT2D eigenvalue weighted by Crippen LogP contribution is 2.29. The Morgan fingerprint density at radius 1 is 0.733 bits per heavy atom. The molecule has 2 heterocycles. The van der Waals surface area contributed by atoms with Gasteiger partial charge in [0, 0.05) is 0 Å². The number of aliphatic hydroxyl groups excluding tert-OH is 8. The Bertz CT molecular complexity index is 803. The van der Waals surface area contributed by atoms with E-state index in [1.54, 1.807) is 6.08 Å². The third-order valence-electron chi connectivity index (χ3n) is 8.40. The maximum absolute atomic E-state index is 11.2. The lowest BCUT2D eigenvalue weighted by Gasteiger charge is -2.46. The number of ether oxygens (including phenoxy) is 4. The van der Waals surface area contributed by atoms with E-state index in [0.29, 0.717) is 6.41 Å². The van der Waals surface area contributed by atoms with Crippen LogP contribution in [0.5, 0.6) is 0 Å². The molecule has 0 saturated carbocycles. The largest absolute Gasteiger partial charge is 0.394 e. The van der Waals surface area contributed by atoms with E-state index in [1.165, 1.54) is 57.8 Å². The van der Waals surface area contributed by atoms with Crippen molar-refractivity contribution in [2.75, 3.05) is 19.8 Å². The first-order valence-electron chi connectivity index (χ1n) is 16.4. The molecule has 14 nitrogen and oxygen atoms in total. The van der Waals surface area contributed by atoms with Crippen molar-refractivity contribution in [1.82, 2.24) is 5.32 Å². The zero-order valence-electron chi connectivity index (χ0n) is 26.4. The summed E-state index contributed by atoms with van der Waals surface area (Å²) in [7, 11) is 0. The summed E-state index contributed by atoms with van der Waals surface area (Å²) in [6.07, 6.45) is 1.30. The maximum atomic E-state index is 11.2. The summed E-state index contributed by atoms with van der Waals surface area (Å²) in [6, 6.07) is -0.903. The number of unbranched alkanes of at least 4 members (excludes halogenated alkanes) is 11. The number of hydrogen-bond acceptors (Lipinski definition) is 13. The first kappa shape index (κ1) is 39.9. The molecule has 0 radical (unpaired) electrons. The highest BCUT2D eigenvalue weighted by molar-refractivity contribution is 5.47. The van der Waals surface area contributed by atoms with Crippen molar-refractivity contribution in [1.29, 1.82) is 0 Å². The van der Waals surface area contributed by atoms with E-state index in [1.807, 2.05) is 6.08 Å². The smallest absolute Gasteiger partial charge is 0.207 e. The molecule has 0 aromatic heterocycles. The molecule has 2 aliphatic heterocycles. The van der Waals surface area contributed by atoms with Crippen LogP contribution in [0.3, 0.4) is 0 Å². The lowest BCUT2D eigenvalue weighted by Crippen LogP contribution is -2.64. The normalized spacial score (nSPS) is 33.7. The quantitative estimate of drug-likeness (QED) is 0.0381. The highest BCUT2D eigenvalue weighted by Gasteiger charge is 2.50. The van der Waals surface area contributed by atoms with Gasteiger partial charge < -0.3 is 65.1 Å². The Morgan fingerprint density at radius 2 is 1.29 bits per heavy atom. The van der Waals surface area contributed by atoms with Gasteiger partial charge in [0.25, 0.3) is 0 Å². The summed E-state index contributed by atoms with van der Waals surface area (Å²) in [5.41, 5.74) is 0. The van der Waals surface area contributed by atoms with Gasteiger partial charge in [-0.2, -0.15) is 0 Å². The second kappa shape index (κ2) is 22.3. The summed E-state index contributed by atoms with van der Waals surface area (Å²) in [4.78, 5) is 11.2. The van der Waals surface area contributed by atoms with E-state index >= 15 is 0 Å². The number of allylic oxidation sites excluding steroid dienone is 1. The Morgan fingerprint density at radius 3 is 1.87 bits per heavy atom. The summed E-state index contributed by atoms with van der Waals surface area (Å²) < 4.78 is 22.0. The van der Waals surface area contributed by atoms with Crippen molar-refractivity contribution in [3.63, 3.8) is 0 Å². The summed E-state index contributed by atoms with van der Waals surface area (Å²) in [5, 5.41) is 84.0. The Hall–Kier alpha value is -1.27. The predicted octanol–water partition coefficient (Wildman–Crippen LogP) is -0.640. The predicted molar refractivity (Wildman–Crippen MR) is 162 cm³/mol. The first-order chi connectivity index (χ1) is 21.7. The molecule has 2 saturated heterocycles. The minimum atomic E-state index is -1.78. The van der Waals surface area contributed by atoms with Crippen molar-refractivity contribution < 1.29 is 64.6 Å². The Balaban J connectivity index is 1.78. The van der Waals surface area contributed by atoms with Gasteiger partial charge in [-0.3, -0.25) is 4.79 Å². The van der Waals surface area contributed by atoms with Crippen LogP contribution in [0.25, 0.3) is 0 Å². The summed E-state index contributed by atoms with van der Waals surface area (Å²) >= 11 is 0. The van der Waals surface area contributed by atoms with E-state index in [4.69, 9.17) is 18.9 Å². The minimum Gasteiger partial charge on any atom is -0.394 e. The van der Waals surface area contributed by atoms with Crippen molar-refractivity contribution in [3.05, 3.63) is 12.2 Å². The molecule has 0 bridgehead atoms. The molecule has 9 N–H and O–H groups in total. The van der Waals surface area contributed by atoms with E-state index in [9.17, 15) is 45.6 Å². The van der Waals surface area contributed by atoms with Gasteiger partial charge in [0.15, 0.2) is 12.6 Å². The van der Waals surface area contributed by atoms with Crippen LogP contribution in [0.15, 0.2) is 12.2 Å². The average Bonchev–Trinajstić information content (AvgIpc) is 3.04. The van der Waals surface area contributed by atoms with E-state index in [-0.39, 0.29) is 6.61 Å². The Kier molecular flexibility index (Phi) is 19.8. The molecule has 14 heteroatoms. The summed E-state index contributed by atoms with van der Waals surface area (Å²) in [6.45, 7) is 0.493. The molecule has 0 aromatic carbocycles. The molecular weight excluding hydrogens is 594 g/mol. The molecule has 2 rings (SSSR count). The van der Waals surface area contributed by atoms with E-state index < -0.39 is 86.8 Å². The molecule has 12 atom stereocenters. The number of hydrogen-bond donors (Lipinski definition) is 9. The lowest BCUT2D eigenvalue weighted by molar-refractivity contribution is -0.359. The highest BCUT2D eigenvalue weighted by atomic mass is 16.7. The Labute approximate surface area is 266 Å². The minimum absolute atomic E-state index is 0.312. The fourth-order valence-electron chi connectivity index (χ4n) is 5.52. The molecule has 1 amide bonds. The number of carbonyl (C=O) groups is 1. The van der Waals surface area contributed by atoms with E-state index in [0.717, 1.165) is 19.3 Å². The van der Waals surface area contributed by atoms with Crippen LogP contribution in [0, 0.1) is 0 Å². The van der Waals surface area contributed by atoms with Gasteiger partial charge in [-0.1, -0.05) is 83.3 Å². The second-order valence-corrected chi connectivity index (χ2v) is 12.0. The van der Waals surface area contributed by atoms with Crippen molar-refractivity contribution in [2.24, 2.45) is 0 Å². The fourth-order valence-corrected chi connectivity index (χ4v) is 5.52. The zero-order valence-corrected chi connectivity index (χ0v) is 26.4. The van der Waals surface area contributed by atoms with Gasteiger partial charge in [-0.05, 0) is 12.8 Å². The van der Waals surface area contributed by atoms with Gasteiger partial charge >= 0.3 is 0 Å². The molecule has 0 spiro atoms. The van der Waals surface area contributed by atoms with Crippen LogP contribution < -0.4 is 5.32 Å². The van der Waals surface area contributed by atoms with Gasteiger partial charge in [-0.25, -0.2) is 0 Å². The molecular formula is C31H57NO13. The van der Waals surface area contributed by atoms with Gasteiger partial charge in [0.1, 0.15) is 48.8 Å². The molecule has 0 aromatic rings. The maximum Gasteiger partial charge on any atom is 0.207 e. The van der Waals surface area contributed by atoms with Crippen molar-refractivity contribution >= 4 is 6.41 Å². The third kappa shape index (κ3) is 13.0. The zero-order chi connectivity index (χ0) is 33.2. The number of rotatable bonds is 23. The van der Waals surface area contributed by atoms with Crippen LogP contribution in [0.4, 0.5) is 0 Å². The van der Waals surface area contributed by atoms with Crippen LogP contribution in [0.2, 0.25) is 0 Å². The average molecular weight is 652 g/mol. The van der Waals surface area contributed by atoms with Crippen LogP contribution >= 0.6 is 0 Å². The fraction of sp³-hybridized carbons (Fsp3) is 0.903. The molecule has 2 aliphatic rings. The lowest BCUT2D eigenvalue weighted by atomic mass is 9.97. The van der Waals surface area contributed by atoms with Crippen LogP contribution in [-0.4, -0.2) is 141 Å². The monoisotopic (exact) mass is 651 g/mol. The van der Waals surface area contributed by atoms with Gasteiger partial charge in [-0.15, -0.1) is 0 Å². The topological polar surface area (TPSA) is 228 Å². The third-order valence-corrected chi connectivity index (χ3v) is 8.40. The van der Waals surface area contributed by atoms with Crippen molar-refractivity contribution in [2.45, 2.75) is 158 Å².